The Morgan fingerprint density at radius 3 is 2.43 bits per heavy atom. The van der Waals surface area contributed by atoms with E-state index in [1.165, 1.54) is 18.1 Å². The van der Waals surface area contributed by atoms with Gasteiger partial charge in [0.05, 0.1) is 17.6 Å². The van der Waals surface area contributed by atoms with Gasteiger partial charge in [0.25, 0.3) is 11.6 Å². The molecule has 3 aromatic carbocycles. The predicted molar refractivity (Wildman–Crippen MR) is 104 cm³/mol. The number of hydrogen-bond donors (Lipinski definition) is 0. The summed E-state index contributed by atoms with van der Waals surface area (Å²) in [5.74, 6) is -1.17. The molecule has 0 aliphatic rings. The molecule has 0 heterocycles. The molecule has 7 heteroatoms. The molecule has 7 nitrogen and oxygen atoms in total. The number of nitro groups is 1. The average molecular weight is 378 g/mol. The molecule has 0 aromatic heterocycles. The zero-order valence-corrected chi connectivity index (χ0v) is 15.4. The molecule has 0 aliphatic heterocycles. The molecule has 0 spiro atoms. The van der Waals surface area contributed by atoms with Crippen LogP contribution in [0.4, 0.5) is 5.69 Å². The van der Waals surface area contributed by atoms with Crippen molar-refractivity contribution in [2.24, 2.45) is 0 Å². The minimum atomic E-state index is -0.741. The van der Waals surface area contributed by atoms with Crippen LogP contribution < -0.4 is 0 Å². The molecule has 3 rings (SSSR count). The molecule has 0 saturated heterocycles. The van der Waals surface area contributed by atoms with Gasteiger partial charge in [0.1, 0.15) is 0 Å². The van der Waals surface area contributed by atoms with Gasteiger partial charge in [-0.05, 0) is 22.4 Å². The van der Waals surface area contributed by atoms with Gasteiger partial charge in [-0.3, -0.25) is 14.9 Å². The van der Waals surface area contributed by atoms with Crippen molar-refractivity contribution >= 4 is 28.3 Å². The number of nitro benzene ring substituents is 1. The number of carbonyl (C=O) groups is 2. The van der Waals surface area contributed by atoms with Gasteiger partial charge >= 0.3 is 5.97 Å². The molecule has 142 valence electrons. The van der Waals surface area contributed by atoms with Crippen LogP contribution in [0.1, 0.15) is 26.3 Å². The number of esters is 1. The van der Waals surface area contributed by atoms with E-state index in [9.17, 15) is 19.7 Å². The second-order valence-electron chi connectivity index (χ2n) is 6.32. The van der Waals surface area contributed by atoms with Crippen LogP contribution in [0.2, 0.25) is 0 Å². The molecule has 3 aromatic rings. The van der Waals surface area contributed by atoms with Crippen LogP contribution in [-0.4, -0.2) is 35.9 Å². The lowest BCUT2D eigenvalue weighted by atomic mass is 10.0. The Bertz CT molecular complexity index is 1070. The summed E-state index contributed by atoms with van der Waals surface area (Å²) in [5.41, 5.74) is 0.619. The average Bonchev–Trinajstić information content (AvgIpc) is 2.72. The Morgan fingerprint density at radius 1 is 1.04 bits per heavy atom. The molecular formula is C21H18N2O5. The second kappa shape index (κ2) is 7.87. The summed E-state index contributed by atoms with van der Waals surface area (Å²) in [6.45, 7) is 0.316. The minimum absolute atomic E-state index is 0.0430. The second-order valence-corrected chi connectivity index (χ2v) is 6.32. The molecule has 1 amide bonds. The quantitative estimate of drug-likeness (QED) is 0.383. The van der Waals surface area contributed by atoms with E-state index in [0.29, 0.717) is 6.54 Å². The number of fused-ring (bicyclic) bond motifs is 1. The van der Waals surface area contributed by atoms with Crippen LogP contribution in [0, 0.1) is 10.1 Å². The molecule has 0 fully saturated rings. The van der Waals surface area contributed by atoms with Gasteiger partial charge in [0.15, 0.2) is 0 Å². The zero-order chi connectivity index (χ0) is 20.3. The van der Waals surface area contributed by atoms with E-state index < -0.39 is 16.8 Å². The van der Waals surface area contributed by atoms with Crippen molar-refractivity contribution in [3.05, 3.63) is 87.5 Å². The molecule has 0 saturated carbocycles. The standard InChI is InChI=1S/C21H18N2O5/c1-22(13-15-8-5-7-14-6-3-4-9-19(14)15)20(24)16-10-17(21(25)28-2)12-18(11-16)23(26)27/h3-12H,13H2,1-2H3. The highest BCUT2D eigenvalue weighted by molar-refractivity contribution is 5.99. The van der Waals surface area contributed by atoms with E-state index in [2.05, 4.69) is 4.74 Å². The predicted octanol–water partition coefficient (Wildman–Crippen LogP) is 3.81. The van der Waals surface area contributed by atoms with Gasteiger partial charge in [-0.25, -0.2) is 4.79 Å². The lowest BCUT2D eigenvalue weighted by molar-refractivity contribution is -0.384. The molecule has 0 aliphatic carbocycles. The van der Waals surface area contributed by atoms with Crippen molar-refractivity contribution in [2.75, 3.05) is 14.2 Å². The summed E-state index contributed by atoms with van der Waals surface area (Å²) in [5, 5.41) is 13.3. The Labute approximate surface area is 161 Å². The van der Waals surface area contributed by atoms with Crippen molar-refractivity contribution in [2.45, 2.75) is 6.54 Å². The number of rotatable bonds is 5. The number of carbonyl (C=O) groups excluding carboxylic acids is 2. The third kappa shape index (κ3) is 3.83. The lowest BCUT2D eigenvalue weighted by Crippen LogP contribution is -2.26. The van der Waals surface area contributed by atoms with Gasteiger partial charge in [0, 0.05) is 31.3 Å². The first kappa shape index (κ1) is 19.0. The van der Waals surface area contributed by atoms with Crippen molar-refractivity contribution in [3.8, 4) is 0 Å². The maximum Gasteiger partial charge on any atom is 0.338 e. The highest BCUT2D eigenvalue weighted by Gasteiger charge is 2.21. The van der Waals surface area contributed by atoms with Crippen LogP contribution in [0.15, 0.2) is 60.7 Å². The normalized spacial score (nSPS) is 10.5. The SMILES string of the molecule is COC(=O)c1cc(C(=O)N(C)Cc2cccc3ccccc23)cc([N+](=O)[O-])c1. The number of benzene rings is 3. The van der Waals surface area contributed by atoms with E-state index in [1.807, 2.05) is 42.5 Å². The fraction of sp³-hybridized carbons (Fsp3) is 0.143. The topological polar surface area (TPSA) is 89.8 Å². The molecule has 0 atom stereocenters. The third-order valence-electron chi connectivity index (χ3n) is 4.43. The fourth-order valence-corrected chi connectivity index (χ4v) is 3.05. The third-order valence-corrected chi connectivity index (χ3v) is 4.43. The van der Waals surface area contributed by atoms with Crippen molar-refractivity contribution < 1.29 is 19.2 Å². The number of non-ortho nitro benzene ring substituents is 1. The number of hydrogen-bond acceptors (Lipinski definition) is 5. The highest BCUT2D eigenvalue weighted by Crippen LogP contribution is 2.22. The Hall–Kier alpha value is -3.74. The van der Waals surface area contributed by atoms with E-state index >= 15 is 0 Å². The van der Waals surface area contributed by atoms with Crippen LogP contribution in [0.5, 0.6) is 0 Å². The number of nitrogens with zero attached hydrogens (tertiary/aromatic N) is 2. The number of ether oxygens (including phenoxy) is 1. The van der Waals surface area contributed by atoms with Gasteiger partial charge < -0.3 is 9.64 Å². The molecular weight excluding hydrogens is 360 g/mol. The maximum absolute atomic E-state index is 12.9. The van der Waals surface area contributed by atoms with Gasteiger partial charge in [0.2, 0.25) is 0 Å². The first-order chi connectivity index (χ1) is 13.4. The smallest absolute Gasteiger partial charge is 0.338 e. The van der Waals surface area contributed by atoms with Crippen LogP contribution >= 0.6 is 0 Å². The zero-order valence-electron chi connectivity index (χ0n) is 15.4. The minimum Gasteiger partial charge on any atom is -0.465 e. The highest BCUT2D eigenvalue weighted by atomic mass is 16.6. The summed E-state index contributed by atoms with van der Waals surface area (Å²) >= 11 is 0. The largest absolute Gasteiger partial charge is 0.465 e. The molecule has 0 radical (unpaired) electrons. The van der Waals surface area contributed by atoms with Gasteiger partial charge in [-0.15, -0.1) is 0 Å². The van der Waals surface area contributed by atoms with Crippen LogP contribution in [-0.2, 0) is 11.3 Å². The molecule has 0 bridgehead atoms. The monoisotopic (exact) mass is 378 g/mol. The van der Waals surface area contributed by atoms with E-state index in [4.69, 9.17) is 0 Å². The Morgan fingerprint density at radius 2 is 1.71 bits per heavy atom. The van der Waals surface area contributed by atoms with Crippen LogP contribution in [0.3, 0.4) is 0 Å². The van der Waals surface area contributed by atoms with Crippen molar-refractivity contribution in [1.82, 2.24) is 4.90 Å². The summed E-state index contributed by atoms with van der Waals surface area (Å²) in [6.07, 6.45) is 0. The summed E-state index contributed by atoms with van der Waals surface area (Å²) < 4.78 is 4.62. The molecule has 0 unspecified atom stereocenters. The van der Waals surface area contributed by atoms with Crippen molar-refractivity contribution in [1.29, 1.82) is 0 Å². The maximum atomic E-state index is 12.9. The summed E-state index contributed by atoms with van der Waals surface area (Å²) in [6, 6.07) is 17.2. The van der Waals surface area contributed by atoms with E-state index in [0.717, 1.165) is 28.5 Å². The molecule has 0 N–H and O–H groups in total. The van der Waals surface area contributed by atoms with Gasteiger partial charge in [-0.2, -0.15) is 0 Å². The number of amides is 1. The summed E-state index contributed by atoms with van der Waals surface area (Å²) in [7, 11) is 2.79. The summed E-state index contributed by atoms with van der Waals surface area (Å²) in [4.78, 5) is 36.7. The van der Waals surface area contributed by atoms with E-state index in [1.54, 1.807) is 7.05 Å². The molecule has 28 heavy (non-hydrogen) atoms. The first-order valence-electron chi connectivity index (χ1n) is 8.50. The van der Waals surface area contributed by atoms with Crippen molar-refractivity contribution in [3.63, 3.8) is 0 Å². The Balaban J connectivity index is 1.93. The fourth-order valence-electron chi connectivity index (χ4n) is 3.05. The number of methoxy groups -OCH3 is 1. The lowest BCUT2D eigenvalue weighted by Gasteiger charge is -2.19. The first-order valence-corrected chi connectivity index (χ1v) is 8.50. The Kier molecular flexibility index (Phi) is 5.35. The van der Waals surface area contributed by atoms with Gasteiger partial charge in [-0.1, -0.05) is 42.5 Å². The van der Waals surface area contributed by atoms with Crippen LogP contribution in [0.25, 0.3) is 10.8 Å². The van der Waals surface area contributed by atoms with E-state index in [-0.39, 0.29) is 16.8 Å².